The number of carbonyl (C=O) groups is 1. The number of amides is 1. The van der Waals surface area contributed by atoms with Crippen LogP contribution in [0.4, 0.5) is 30.2 Å². The van der Waals surface area contributed by atoms with Crippen molar-refractivity contribution in [2.24, 2.45) is 0 Å². The van der Waals surface area contributed by atoms with E-state index in [-0.39, 0.29) is 6.10 Å². The molecule has 0 radical (unpaired) electrons. The van der Waals surface area contributed by atoms with Gasteiger partial charge in [-0.05, 0) is 32.9 Å². The average molecular weight is 453 g/mol. The Kier molecular flexibility index (Phi) is 6.47. The molecule has 2 aromatic rings. The van der Waals surface area contributed by atoms with Crippen LogP contribution < -0.4 is 20.1 Å². The fraction of sp³-hybridized carbons (Fsp3) is 0.381. The number of nitro groups is 1. The summed E-state index contributed by atoms with van der Waals surface area (Å²) in [4.78, 5) is 22.5. The number of rotatable bonds is 7. The normalized spacial score (nSPS) is 16.0. The Hall–Kier alpha value is -3.50. The highest BCUT2D eigenvalue weighted by molar-refractivity contribution is 5.97. The Morgan fingerprint density at radius 2 is 2.03 bits per heavy atom. The molecule has 2 atom stereocenters. The van der Waals surface area contributed by atoms with Crippen LogP contribution in [0, 0.1) is 10.1 Å². The van der Waals surface area contributed by atoms with Crippen molar-refractivity contribution >= 4 is 23.0 Å². The lowest BCUT2D eigenvalue weighted by atomic mass is 10.1. The molecule has 11 heteroatoms. The highest BCUT2D eigenvalue weighted by atomic mass is 19.4. The lowest BCUT2D eigenvalue weighted by Gasteiger charge is -2.20. The van der Waals surface area contributed by atoms with E-state index < -0.39 is 40.0 Å². The molecular weight excluding hydrogens is 431 g/mol. The van der Waals surface area contributed by atoms with E-state index in [4.69, 9.17) is 9.47 Å². The second kappa shape index (κ2) is 8.93. The van der Waals surface area contributed by atoms with Gasteiger partial charge >= 0.3 is 6.18 Å². The molecule has 0 unspecified atom stereocenters. The van der Waals surface area contributed by atoms with Gasteiger partial charge in [0.05, 0.1) is 28.5 Å². The predicted octanol–water partition coefficient (Wildman–Crippen LogP) is 4.77. The molecule has 32 heavy (non-hydrogen) atoms. The number of alkyl halides is 3. The number of ether oxygens (including phenoxy) is 2. The SMILES string of the molecule is CCOc1cc2c(cc1N[C@H](C)C(=O)Nc1ccc([N+](=O)[O-])cc1C(F)(F)F)O[C@@H](C)C2. The Balaban J connectivity index is 1.82. The summed E-state index contributed by atoms with van der Waals surface area (Å²) < 4.78 is 51.5. The van der Waals surface area contributed by atoms with Gasteiger partial charge in [0.15, 0.2) is 0 Å². The van der Waals surface area contributed by atoms with Crippen LogP contribution in [-0.4, -0.2) is 29.6 Å². The van der Waals surface area contributed by atoms with Crippen molar-refractivity contribution in [3.05, 3.63) is 51.6 Å². The fourth-order valence-electron chi connectivity index (χ4n) is 3.36. The van der Waals surface area contributed by atoms with E-state index in [1.165, 1.54) is 6.92 Å². The Morgan fingerprint density at radius 3 is 2.66 bits per heavy atom. The fourth-order valence-corrected chi connectivity index (χ4v) is 3.36. The third kappa shape index (κ3) is 5.04. The summed E-state index contributed by atoms with van der Waals surface area (Å²) in [5.74, 6) is 0.377. The summed E-state index contributed by atoms with van der Waals surface area (Å²) in [7, 11) is 0. The van der Waals surface area contributed by atoms with E-state index >= 15 is 0 Å². The van der Waals surface area contributed by atoms with Gasteiger partial charge in [-0.2, -0.15) is 13.2 Å². The minimum absolute atomic E-state index is 0.00150. The smallest absolute Gasteiger partial charge is 0.418 e. The first-order valence-electron chi connectivity index (χ1n) is 9.89. The van der Waals surface area contributed by atoms with Crippen LogP contribution in [0.5, 0.6) is 11.5 Å². The number of hydrogen-bond acceptors (Lipinski definition) is 6. The van der Waals surface area contributed by atoms with Gasteiger partial charge in [-0.15, -0.1) is 0 Å². The quantitative estimate of drug-likeness (QED) is 0.462. The van der Waals surface area contributed by atoms with Crippen molar-refractivity contribution in [2.75, 3.05) is 17.2 Å². The summed E-state index contributed by atoms with van der Waals surface area (Å²) in [6, 6.07) is 4.70. The molecule has 0 fully saturated rings. The number of hydrogen-bond donors (Lipinski definition) is 2. The number of benzene rings is 2. The van der Waals surface area contributed by atoms with E-state index in [2.05, 4.69) is 10.6 Å². The molecule has 8 nitrogen and oxygen atoms in total. The number of nitrogens with zero attached hydrogens (tertiary/aromatic N) is 1. The van der Waals surface area contributed by atoms with Crippen LogP contribution in [0.1, 0.15) is 31.9 Å². The van der Waals surface area contributed by atoms with Gasteiger partial charge in [-0.25, -0.2) is 0 Å². The van der Waals surface area contributed by atoms with Crippen molar-refractivity contribution in [3.63, 3.8) is 0 Å². The minimum Gasteiger partial charge on any atom is -0.492 e. The Morgan fingerprint density at radius 1 is 1.31 bits per heavy atom. The molecule has 1 heterocycles. The third-order valence-electron chi connectivity index (χ3n) is 4.84. The molecule has 1 amide bonds. The van der Waals surface area contributed by atoms with Crippen LogP contribution in [0.15, 0.2) is 30.3 Å². The van der Waals surface area contributed by atoms with Crippen LogP contribution in [0.2, 0.25) is 0 Å². The number of halogens is 3. The molecule has 1 aliphatic rings. The van der Waals surface area contributed by atoms with Gasteiger partial charge in [0.25, 0.3) is 5.69 Å². The summed E-state index contributed by atoms with van der Waals surface area (Å²) >= 11 is 0. The van der Waals surface area contributed by atoms with Gasteiger partial charge in [-0.1, -0.05) is 0 Å². The highest BCUT2D eigenvalue weighted by Gasteiger charge is 2.36. The van der Waals surface area contributed by atoms with Crippen molar-refractivity contribution < 1.29 is 32.4 Å². The number of anilines is 2. The zero-order chi connectivity index (χ0) is 23.6. The van der Waals surface area contributed by atoms with Crippen molar-refractivity contribution in [2.45, 2.75) is 45.5 Å². The van der Waals surface area contributed by atoms with Crippen molar-refractivity contribution in [1.82, 2.24) is 0 Å². The molecule has 0 bridgehead atoms. The van der Waals surface area contributed by atoms with Gasteiger partial charge in [0, 0.05) is 30.2 Å². The molecular formula is C21H22F3N3O5. The number of nitrogens with one attached hydrogen (secondary N) is 2. The molecule has 0 saturated carbocycles. The summed E-state index contributed by atoms with van der Waals surface area (Å²) in [5, 5.41) is 16.0. The van der Waals surface area contributed by atoms with Crippen LogP contribution in [-0.2, 0) is 17.4 Å². The van der Waals surface area contributed by atoms with Crippen LogP contribution >= 0.6 is 0 Å². The average Bonchev–Trinajstić information content (AvgIpc) is 3.06. The zero-order valence-electron chi connectivity index (χ0n) is 17.6. The molecule has 3 rings (SSSR count). The number of fused-ring (bicyclic) bond motifs is 1. The second-order valence-electron chi connectivity index (χ2n) is 7.36. The topological polar surface area (TPSA) is 103 Å². The Labute approximate surface area is 181 Å². The monoisotopic (exact) mass is 453 g/mol. The largest absolute Gasteiger partial charge is 0.492 e. The zero-order valence-corrected chi connectivity index (χ0v) is 17.6. The molecule has 0 saturated heterocycles. The Bertz CT molecular complexity index is 1040. The number of non-ortho nitro benzene ring substituents is 1. The number of carbonyl (C=O) groups excluding carboxylic acids is 1. The van der Waals surface area contributed by atoms with Crippen LogP contribution in [0.25, 0.3) is 0 Å². The maximum atomic E-state index is 13.4. The first-order chi connectivity index (χ1) is 15.0. The van der Waals surface area contributed by atoms with Crippen LogP contribution in [0.3, 0.4) is 0 Å². The van der Waals surface area contributed by atoms with Gasteiger partial charge in [0.2, 0.25) is 5.91 Å². The van der Waals surface area contributed by atoms with E-state index in [0.29, 0.717) is 36.3 Å². The third-order valence-corrected chi connectivity index (χ3v) is 4.84. The number of nitro benzene ring substituents is 1. The molecule has 0 aromatic heterocycles. The van der Waals surface area contributed by atoms with Gasteiger partial charge in [-0.3, -0.25) is 14.9 Å². The molecule has 0 aliphatic carbocycles. The maximum absolute atomic E-state index is 13.4. The lowest BCUT2D eigenvalue weighted by Crippen LogP contribution is -2.32. The van der Waals surface area contributed by atoms with E-state index in [1.807, 2.05) is 13.0 Å². The maximum Gasteiger partial charge on any atom is 0.418 e. The summed E-state index contributed by atoms with van der Waals surface area (Å²) in [6.45, 7) is 5.58. The summed E-state index contributed by atoms with van der Waals surface area (Å²) in [6.07, 6.45) is -4.17. The molecule has 2 N–H and O–H groups in total. The van der Waals surface area contributed by atoms with E-state index in [0.717, 1.165) is 17.7 Å². The molecule has 0 spiro atoms. The van der Waals surface area contributed by atoms with Gasteiger partial charge < -0.3 is 20.1 Å². The minimum atomic E-state index is -4.89. The molecule has 172 valence electrons. The first-order valence-corrected chi connectivity index (χ1v) is 9.89. The second-order valence-corrected chi connectivity index (χ2v) is 7.36. The van der Waals surface area contributed by atoms with Crippen molar-refractivity contribution in [3.8, 4) is 11.5 Å². The lowest BCUT2D eigenvalue weighted by molar-refractivity contribution is -0.385. The highest BCUT2D eigenvalue weighted by Crippen LogP contribution is 2.39. The summed E-state index contributed by atoms with van der Waals surface area (Å²) in [5.41, 5.74) is -1.18. The van der Waals surface area contributed by atoms with E-state index in [9.17, 15) is 28.1 Å². The van der Waals surface area contributed by atoms with Gasteiger partial charge in [0.1, 0.15) is 23.6 Å². The molecule has 1 aliphatic heterocycles. The molecule has 2 aromatic carbocycles. The predicted molar refractivity (Wildman–Crippen MR) is 111 cm³/mol. The first kappa shape index (κ1) is 23.2. The van der Waals surface area contributed by atoms with Crippen molar-refractivity contribution in [1.29, 1.82) is 0 Å². The standard InChI is InChI=1S/C21H22F3N3O5/c1-4-31-19-8-13-7-11(2)32-18(13)10-17(19)25-12(3)20(28)26-16-6-5-14(27(29)30)9-15(16)21(22,23)24/h5-6,8-12,25H,4,7H2,1-3H3,(H,26,28)/t11-,12+/m0/s1. The van der Waals surface area contributed by atoms with E-state index in [1.54, 1.807) is 13.0 Å².